The third kappa shape index (κ3) is 8.25. The van der Waals surface area contributed by atoms with Gasteiger partial charge in [0.25, 0.3) is 0 Å². The Morgan fingerprint density at radius 2 is 1.53 bits per heavy atom. The van der Waals surface area contributed by atoms with E-state index in [0.29, 0.717) is 31.2 Å². The SMILES string of the molecule is CCCCC1(CCCC)C(=O)Nc2c(ccc3c(=O)c4cc(C(=O)OCC)cc(NC(=O)O[C@H](c5ccccc5)[C@H](C)NS(=O)(=O)c5ccc(C)cc5)c4oc23)C1=O. The molecule has 2 atom stereocenters. The Hall–Kier alpha value is -5.86. The number of aryl methyl sites for hydroxylation is 1. The van der Waals surface area contributed by atoms with Crippen molar-refractivity contribution in [2.45, 2.75) is 90.2 Å². The van der Waals surface area contributed by atoms with Crippen molar-refractivity contribution >= 4 is 67.1 Å². The van der Waals surface area contributed by atoms with Gasteiger partial charge in [-0.3, -0.25) is 19.7 Å². The van der Waals surface area contributed by atoms with Crippen molar-refractivity contribution in [1.29, 1.82) is 0 Å². The number of carbonyl (C=O) groups is 4. The number of hydrogen-bond acceptors (Lipinski definition) is 10. The summed E-state index contributed by atoms with van der Waals surface area (Å²) in [4.78, 5) is 69.4. The molecule has 1 aliphatic rings. The van der Waals surface area contributed by atoms with Crippen LogP contribution in [0, 0.1) is 12.3 Å². The van der Waals surface area contributed by atoms with Gasteiger partial charge in [0.15, 0.2) is 16.9 Å². The van der Waals surface area contributed by atoms with Gasteiger partial charge >= 0.3 is 12.1 Å². The van der Waals surface area contributed by atoms with Crippen LogP contribution in [0.2, 0.25) is 0 Å². The Morgan fingerprint density at radius 3 is 2.17 bits per heavy atom. The van der Waals surface area contributed by atoms with E-state index in [9.17, 15) is 32.4 Å². The van der Waals surface area contributed by atoms with Crippen molar-refractivity contribution in [2.24, 2.45) is 5.41 Å². The van der Waals surface area contributed by atoms with Gasteiger partial charge in [-0.05, 0) is 75.6 Å². The number of ketones is 1. The zero-order valence-corrected chi connectivity index (χ0v) is 33.9. The lowest BCUT2D eigenvalue weighted by Crippen LogP contribution is -2.47. The molecule has 0 bridgehead atoms. The molecule has 0 radical (unpaired) electrons. The van der Waals surface area contributed by atoms with Crippen molar-refractivity contribution < 1.29 is 41.5 Å². The van der Waals surface area contributed by atoms with Crippen LogP contribution in [0.1, 0.15) is 104 Å². The number of rotatable bonds is 15. The summed E-state index contributed by atoms with van der Waals surface area (Å²) in [6, 6.07) is 19.3. The van der Waals surface area contributed by atoms with Crippen LogP contribution in [0.25, 0.3) is 21.9 Å². The lowest BCUT2D eigenvalue weighted by molar-refractivity contribution is -0.124. The molecule has 0 saturated carbocycles. The number of ether oxygens (including phenoxy) is 2. The molecule has 5 aromatic rings. The van der Waals surface area contributed by atoms with E-state index in [-0.39, 0.29) is 61.7 Å². The van der Waals surface area contributed by atoms with Gasteiger partial charge in [0.1, 0.15) is 11.5 Å². The van der Waals surface area contributed by atoms with Gasteiger partial charge in [0.2, 0.25) is 21.4 Å². The largest absolute Gasteiger partial charge is 0.462 e. The maximum Gasteiger partial charge on any atom is 0.412 e. The monoisotopic (exact) mass is 809 g/mol. The molecule has 0 fully saturated rings. The maximum absolute atomic E-state index is 14.3. The van der Waals surface area contributed by atoms with E-state index >= 15 is 0 Å². The van der Waals surface area contributed by atoms with Crippen molar-refractivity contribution in [2.75, 3.05) is 17.2 Å². The number of benzene rings is 4. The van der Waals surface area contributed by atoms with Crippen molar-refractivity contribution in [3.63, 3.8) is 0 Å². The number of Topliss-reactive ketones (excluding diaryl/α,β-unsaturated/α-hetero) is 1. The predicted octanol–water partition coefficient (Wildman–Crippen LogP) is 8.59. The van der Waals surface area contributed by atoms with Gasteiger partial charge in [-0.2, -0.15) is 0 Å². The normalized spacial score (nSPS) is 14.7. The number of sulfonamides is 1. The number of fused-ring (bicyclic) bond motifs is 4. The highest BCUT2D eigenvalue weighted by Gasteiger charge is 2.49. The van der Waals surface area contributed by atoms with Gasteiger partial charge in [-0.15, -0.1) is 0 Å². The molecule has 4 aromatic carbocycles. The highest BCUT2D eigenvalue weighted by molar-refractivity contribution is 7.89. The van der Waals surface area contributed by atoms with Gasteiger partial charge in [-0.1, -0.05) is 87.6 Å². The van der Waals surface area contributed by atoms with Crippen LogP contribution < -0.4 is 20.8 Å². The standard InChI is InChI=1S/C44H47N3O10S/c1-6-9-22-44(23-10-7-2)40(49)31-20-21-32-36(48)33-24-29(41(50)55-8-3)25-34(38(33)56-39(32)35(31)46-42(44)51)45-43(52)57-37(28-14-12-11-13-15-28)27(5)47-58(53,54)30-18-16-26(4)17-19-30/h11-21,24-25,27,37,47H,6-10,22-23H2,1-5H3,(H,45,52)(H,46,51)/t27-,37-/m0/s1. The molecule has 58 heavy (non-hydrogen) atoms. The third-order valence-corrected chi connectivity index (χ3v) is 12.0. The Balaban J connectivity index is 1.43. The van der Waals surface area contributed by atoms with E-state index in [1.165, 1.54) is 36.4 Å². The van der Waals surface area contributed by atoms with E-state index in [1.54, 1.807) is 56.3 Å². The number of anilines is 2. The first-order chi connectivity index (χ1) is 27.7. The number of hydrogen-bond donors (Lipinski definition) is 3. The summed E-state index contributed by atoms with van der Waals surface area (Å²) in [5.41, 5.74) is -0.766. The van der Waals surface area contributed by atoms with Gasteiger partial charge in [-0.25, -0.2) is 22.7 Å². The fourth-order valence-electron chi connectivity index (χ4n) is 7.34. The fourth-order valence-corrected chi connectivity index (χ4v) is 8.58. The molecule has 13 nitrogen and oxygen atoms in total. The zero-order valence-electron chi connectivity index (χ0n) is 33.1. The number of amides is 2. The summed E-state index contributed by atoms with van der Waals surface area (Å²) in [6.07, 6.45) is 1.42. The summed E-state index contributed by atoms with van der Waals surface area (Å²) in [5, 5.41) is 5.42. The van der Waals surface area contributed by atoms with Crippen LogP contribution in [-0.4, -0.2) is 44.8 Å². The summed E-state index contributed by atoms with van der Waals surface area (Å²) in [6.45, 7) is 9.02. The molecule has 14 heteroatoms. The van der Waals surface area contributed by atoms with Crippen LogP contribution in [-0.2, 0) is 24.3 Å². The number of esters is 1. The minimum Gasteiger partial charge on any atom is -0.462 e. The molecule has 2 heterocycles. The van der Waals surface area contributed by atoms with Crippen LogP contribution in [0.15, 0.2) is 93.0 Å². The molecule has 0 spiro atoms. The molecule has 3 N–H and O–H groups in total. The molecule has 1 aliphatic heterocycles. The van der Waals surface area contributed by atoms with Crippen molar-refractivity contribution in [3.8, 4) is 0 Å². The van der Waals surface area contributed by atoms with Gasteiger partial charge in [0.05, 0.1) is 45.3 Å². The molecular weight excluding hydrogens is 763 g/mol. The first-order valence-corrected chi connectivity index (χ1v) is 21.0. The van der Waals surface area contributed by atoms with E-state index < -0.39 is 51.0 Å². The Morgan fingerprint density at radius 1 is 0.862 bits per heavy atom. The lowest BCUT2D eigenvalue weighted by atomic mass is 9.69. The maximum atomic E-state index is 14.3. The quantitative estimate of drug-likeness (QED) is 0.0525. The van der Waals surface area contributed by atoms with Crippen molar-refractivity contribution in [1.82, 2.24) is 4.72 Å². The molecule has 0 aliphatic carbocycles. The van der Waals surface area contributed by atoms with Crippen LogP contribution >= 0.6 is 0 Å². The second-order valence-electron chi connectivity index (χ2n) is 14.6. The van der Waals surface area contributed by atoms with E-state index in [0.717, 1.165) is 18.4 Å². The topological polar surface area (TPSA) is 187 Å². The zero-order chi connectivity index (χ0) is 41.8. The first kappa shape index (κ1) is 41.8. The Bertz CT molecular complexity index is 2540. The van der Waals surface area contributed by atoms with Crippen molar-refractivity contribution in [3.05, 3.63) is 111 Å². The molecular formula is C44H47N3O10S. The highest BCUT2D eigenvalue weighted by atomic mass is 32.2. The second-order valence-corrected chi connectivity index (χ2v) is 16.3. The Labute approximate surface area is 336 Å². The molecule has 6 rings (SSSR count). The average Bonchev–Trinajstić information content (AvgIpc) is 3.20. The number of unbranched alkanes of at least 4 members (excludes halogenated alkanes) is 2. The smallest absolute Gasteiger partial charge is 0.412 e. The second kappa shape index (κ2) is 17.3. The Kier molecular flexibility index (Phi) is 12.5. The summed E-state index contributed by atoms with van der Waals surface area (Å²) < 4.78 is 46.8. The average molecular weight is 810 g/mol. The lowest BCUT2D eigenvalue weighted by Gasteiger charge is -2.35. The summed E-state index contributed by atoms with van der Waals surface area (Å²) >= 11 is 0. The first-order valence-electron chi connectivity index (χ1n) is 19.5. The number of nitrogens with one attached hydrogen (secondary N) is 3. The third-order valence-electron chi connectivity index (χ3n) is 10.4. The molecule has 0 unspecified atom stereocenters. The molecule has 0 saturated heterocycles. The van der Waals surface area contributed by atoms with E-state index in [4.69, 9.17) is 13.9 Å². The summed E-state index contributed by atoms with van der Waals surface area (Å²) in [7, 11) is -4.05. The number of carbonyl (C=O) groups excluding carboxylic acids is 4. The fraction of sp³-hybridized carbons (Fsp3) is 0.341. The van der Waals surface area contributed by atoms with Gasteiger partial charge < -0.3 is 19.2 Å². The van der Waals surface area contributed by atoms with E-state index in [1.807, 2.05) is 20.8 Å². The van der Waals surface area contributed by atoms with Crippen LogP contribution in [0.3, 0.4) is 0 Å². The van der Waals surface area contributed by atoms with Gasteiger partial charge in [0, 0.05) is 5.56 Å². The molecule has 2 amide bonds. The predicted molar refractivity (Wildman–Crippen MR) is 221 cm³/mol. The molecule has 304 valence electrons. The minimum absolute atomic E-state index is 0.0263. The summed E-state index contributed by atoms with van der Waals surface area (Å²) in [5.74, 6) is -1.60. The highest BCUT2D eigenvalue weighted by Crippen LogP contribution is 2.44. The van der Waals surface area contributed by atoms with Crippen LogP contribution in [0.4, 0.5) is 16.2 Å². The minimum atomic E-state index is -4.05. The molecule has 1 aromatic heterocycles. The van der Waals surface area contributed by atoms with E-state index in [2.05, 4.69) is 15.4 Å². The van der Waals surface area contributed by atoms with Crippen LogP contribution in [0.5, 0.6) is 0 Å².